The van der Waals surface area contributed by atoms with Crippen molar-refractivity contribution in [1.82, 2.24) is 0 Å². The predicted molar refractivity (Wildman–Crippen MR) is 64.3 cm³/mol. The molecule has 2 rings (SSSR count). The summed E-state index contributed by atoms with van der Waals surface area (Å²) in [5.41, 5.74) is 7.25. The number of benzene rings is 1. The number of hydrogen-bond acceptors (Lipinski definition) is 4. The van der Waals surface area contributed by atoms with Crippen molar-refractivity contribution in [2.45, 2.75) is 12.0 Å². The Labute approximate surface area is 99.4 Å². The van der Waals surface area contributed by atoms with Gasteiger partial charge >= 0.3 is 0 Å². The van der Waals surface area contributed by atoms with Crippen LogP contribution in [0, 0.1) is 0 Å². The fourth-order valence-corrected chi connectivity index (χ4v) is 2.39. The molecule has 0 spiro atoms. The molecule has 0 saturated heterocycles. The van der Waals surface area contributed by atoms with Gasteiger partial charge in [0.15, 0.2) is 0 Å². The maximum atomic E-state index is 9.83. The van der Waals surface area contributed by atoms with Crippen LogP contribution in [0.5, 0.6) is 5.75 Å². The molecule has 16 heavy (non-hydrogen) atoms. The van der Waals surface area contributed by atoms with E-state index in [1.165, 1.54) is 0 Å². The number of nitrogens with two attached hydrogens (primary N) is 1. The number of ether oxygens (including phenoxy) is 1. The van der Waals surface area contributed by atoms with Crippen molar-refractivity contribution in [3.63, 3.8) is 0 Å². The first kappa shape index (κ1) is 11.5. The first-order valence-electron chi connectivity index (χ1n) is 5.17. The highest BCUT2D eigenvalue weighted by Gasteiger charge is 2.32. The highest BCUT2D eigenvalue weighted by Crippen LogP contribution is 2.43. The van der Waals surface area contributed by atoms with Gasteiger partial charge in [-0.05, 0) is 12.1 Å². The Morgan fingerprint density at radius 2 is 2.44 bits per heavy atom. The number of methoxy groups -OCH3 is 1. The number of aliphatic hydroxyl groups excluding tert-OH is 1. The number of halogens is 1. The lowest BCUT2D eigenvalue weighted by Crippen LogP contribution is -2.28. The molecule has 1 aliphatic heterocycles. The zero-order valence-electron chi connectivity index (χ0n) is 9.03. The molecule has 0 aromatic heterocycles. The summed E-state index contributed by atoms with van der Waals surface area (Å²) in [6, 6.07) is 3.59. The topological polar surface area (TPSA) is 67.5 Å². The summed E-state index contributed by atoms with van der Waals surface area (Å²) in [5, 5.41) is 13.7. The van der Waals surface area contributed by atoms with Gasteiger partial charge in [-0.3, -0.25) is 0 Å². The van der Waals surface area contributed by atoms with Crippen molar-refractivity contribution in [2.75, 3.05) is 25.5 Å². The molecule has 5 heteroatoms. The second-order valence-electron chi connectivity index (χ2n) is 3.83. The largest absolute Gasteiger partial charge is 0.495 e. The van der Waals surface area contributed by atoms with Crippen LogP contribution in [0.15, 0.2) is 12.1 Å². The minimum absolute atomic E-state index is 0.0670. The highest BCUT2D eigenvalue weighted by molar-refractivity contribution is 6.32. The van der Waals surface area contributed by atoms with E-state index in [2.05, 4.69) is 5.32 Å². The standard InChI is InChI=1S/C11H15ClN2O2/c1-16-9-3-2-7(12)10-6(8(15)4-13)5-14-11(9)10/h2-3,6,8,14-15H,4-5,13H2,1H3. The lowest BCUT2D eigenvalue weighted by atomic mass is 9.95. The third kappa shape index (κ3) is 1.73. The minimum atomic E-state index is -0.585. The highest BCUT2D eigenvalue weighted by atomic mass is 35.5. The number of anilines is 1. The van der Waals surface area contributed by atoms with E-state index >= 15 is 0 Å². The van der Waals surface area contributed by atoms with E-state index in [9.17, 15) is 5.11 Å². The van der Waals surface area contributed by atoms with Crippen LogP contribution in [0.3, 0.4) is 0 Å². The fourth-order valence-electron chi connectivity index (χ4n) is 2.10. The van der Waals surface area contributed by atoms with Crippen LogP contribution in [0.1, 0.15) is 11.5 Å². The van der Waals surface area contributed by atoms with Crippen LogP contribution in [-0.2, 0) is 0 Å². The van der Waals surface area contributed by atoms with E-state index in [4.69, 9.17) is 22.1 Å². The number of nitrogens with one attached hydrogen (secondary N) is 1. The molecule has 0 amide bonds. The molecule has 2 atom stereocenters. The summed E-state index contributed by atoms with van der Waals surface area (Å²) in [6.07, 6.45) is -0.585. The molecular weight excluding hydrogens is 228 g/mol. The number of hydrogen-bond donors (Lipinski definition) is 3. The van der Waals surface area contributed by atoms with Crippen molar-refractivity contribution in [2.24, 2.45) is 5.73 Å². The Morgan fingerprint density at radius 1 is 1.69 bits per heavy atom. The third-order valence-electron chi connectivity index (χ3n) is 2.95. The average molecular weight is 243 g/mol. The number of fused-ring (bicyclic) bond motifs is 1. The third-order valence-corrected chi connectivity index (χ3v) is 3.28. The van der Waals surface area contributed by atoms with Gasteiger partial charge in [-0.25, -0.2) is 0 Å². The summed E-state index contributed by atoms with van der Waals surface area (Å²) in [4.78, 5) is 0. The molecule has 0 bridgehead atoms. The minimum Gasteiger partial charge on any atom is -0.495 e. The Morgan fingerprint density at radius 3 is 3.06 bits per heavy atom. The molecule has 1 aliphatic rings. The molecule has 88 valence electrons. The van der Waals surface area contributed by atoms with Crippen molar-refractivity contribution in [1.29, 1.82) is 0 Å². The molecule has 1 aromatic rings. The van der Waals surface area contributed by atoms with Crippen molar-refractivity contribution < 1.29 is 9.84 Å². The Hall–Kier alpha value is -0.970. The summed E-state index contributed by atoms with van der Waals surface area (Å²) < 4.78 is 5.24. The van der Waals surface area contributed by atoms with Crippen LogP contribution < -0.4 is 15.8 Å². The summed E-state index contributed by atoms with van der Waals surface area (Å²) in [6.45, 7) is 0.854. The maximum Gasteiger partial charge on any atom is 0.142 e. The van der Waals surface area contributed by atoms with E-state index in [1.54, 1.807) is 13.2 Å². The van der Waals surface area contributed by atoms with E-state index in [0.29, 0.717) is 11.6 Å². The molecular formula is C11H15ClN2O2. The monoisotopic (exact) mass is 242 g/mol. The van der Waals surface area contributed by atoms with Gasteiger partial charge < -0.3 is 20.9 Å². The molecule has 2 unspecified atom stereocenters. The van der Waals surface area contributed by atoms with Gasteiger partial charge in [-0.2, -0.15) is 0 Å². The van der Waals surface area contributed by atoms with Gasteiger partial charge in [0.25, 0.3) is 0 Å². The molecule has 1 heterocycles. The summed E-state index contributed by atoms with van der Waals surface area (Å²) >= 11 is 6.15. The molecule has 4 N–H and O–H groups in total. The summed E-state index contributed by atoms with van der Waals surface area (Å²) in [7, 11) is 1.61. The smallest absolute Gasteiger partial charge is 0.142 e. The van der Waals surface area contributed by atoms with Crippen molar-refractivity contribution in [3.8, 4) is 5.75 Å². The van der Waals surface area contributed by atoms with E-state index in [0.717, 1.165) is 17.0 Å². The first-order valence-corrected chi connectivity index (χ1v) is 5.55. The summed E-state index contributed by atoms with van der Waals surface area (Å²) in [5.74, 6) is 0.675. The van der Waals surface area contributed by atoms with E-state index < -0.39 is 6.10 Å². The lowest BCUT2D eigenvalue weighted by molar-refractivity contribution is 0.158. The van der Waals surface area contributed by atoms with Crippen LogP contribution in [0.25, 0.3) is 0 Å². The van der Waals surface area contributed by atoms with Crippen molar-refractivity contribution >= 4 is 17.3 Å². The van der Waals surface area contributed by atoms with Crippen molar-refractivity contribution in [3.05, 3.63) is 22.7 Å². The fraction of sp³-hybridized carbons (Fsp3) is 0.455. The molecule has 1 aromatic carbocycles. The molecule has 0 radical (unpaired) electrons. The second kappa shape index (κ2) is 4.49. The van der Waals surface area contributed by atoms with Gasteiger partial charge in [-0.1, -0.05) is 11.6 Å². The van der Waals surface area contributed by atoms with Crippen LogP contribution >= 0.6 is 11.6 Å². The van der Waals surface area contributed by atoms with Gasteiger partial charge in [0.1, 0.15) is 5.75 Å². The first-order chi connectivity index (χ1) is 7.69. The average Bonchev–Trinajstić information content (AvgIpc) is 2.74. The van der Waals surface area contributed by atoms with E-state index in [-0.39, 0.29) is 12.5 Å². The zero-order chi connectivity index (χ0) is 11.7. The second-order valence-corrected chi connectivity index (χ2v) is 4.24. The predicted octanol–water partition coefficient (Wildman–Crippen LogP) is 1.18. The molecule has 4 nitrogen and oxygen atoms in total. The maximum absolute atomic E-state index is 9.83. The van der Waals surface area contributed by atoms with Gasteiger partial charge in [0, 0.05) is 29.6 Å². The normalized spacial score (nSPS) is 20.1. The van der Waals surface area contributed by atoms with Crippen LogP contribution in [0.4, 0.5) is 5.69 Å². The van der Waals surface area contributed by atoms with Crippen LogP contribution in [-0.4, -0.2) is 31.4 Å². The molecule has 0 aliphatic carbocycles. The Kier molecular flexibility index (Phi) is 3.23. The van der Waals surface area contributed by atoms with Gasteiger partial charge in [0.05, 0.1) is 18.9 Å². The van der Waals surface area contributed by atoms with E-state index in [1.807, 2.05) is 6.07 Å². The molecule has 0 fully saturated rings. The van der Waals surface area contributed by atoms with Gasteiger partial charge in [-0.15, -0.1) is 0 Å². The van der Waals surface area contributed by atoms with Gasteiger partial charge in [0.2, 0.25) is 0 Å². The van der Waals surface area contributed by atoms with Crippen LogP contribution in [0.2, 0.25) is 5.02 Å². The zero-order valence-corrected chi connectivity index (χ0v) is 9.79. The molecule has 0 saturated carbocycles. The quantitative estimate of drug-likeness (QED) is 0.745. The Bertz CT molecular complexity index is 398. The Balaban J connectivity index is 2.45. The number of aliphatic hydroxyl groups is 1. The lowest BCUT2D eigenvalue weighted by Gasteiger charge is -2.17. The number of rotatable bonds is 3. The SMILES string of the molecule is COc1ccc(Cl)c2c1NCC2C(O)CN.